The number of hydrogen-bond donors (Lipinski definition) is 0. The zero-order valence-electron chi connectivity index (χ0n) is 20.1. The number of nitrogens with zero attached hydrogens (tertiary/aromatic N) is 2. The number of halogens is 3. The van der Waals surface area contributed by atoms with Crippen molar-refractivity contribution in [1.29, 1.82) is 0 Å². The summed E-state index contributed by atoms with van der Waals surface area (Å²) in [5.41, 5.74) is 2.43. The quantitative estimate of drug-likeness (QED) is 0.326. The standard InChI is InChI=1S/C25H27Cl3N2O4S/c1-15(31)18-13-29(2)14-19(22(32)25(26,27)28)21(18)24(35-5,23(33)34-4)11-10-16-12-30(3)20-9-7-6-8-17(16)20/h6-9,12-14,21H,10-11H2,1-5H3. The van der Waals surface area contributed by atoms with Crippen LogP contribution in [0.3, 0.4) is 0 Å². The van der Waals surface area contributed by atoms with Gasteiger partial charge in [-0.25, -0.2) is 0 Å². The summed E-state index contributed by atoms with van der Waals surface area (Å²) < 4.78 is 3.69. The van der Waals surface area contributed by atoms with Gasteiger partial charge in [-0.05, 0) is 37.7 Å². The number of ketones is 2. The van der Waals surface area contributed by atoms with E-state index < -0.39 is 26.2 Å². The predicted molar refractivity (Wildman–Crippen MR) is 143 cm³/mol. The van der Waals surface area contributed by atoms with Gasteiger partial charge >= 0.3 is 5.97 Å². The van der Waals surface area contributed by atoms with Crippen molar-refractivity contribution in [3.8, 4) is 0 Å². The van der Waals surface area contributed by atoms with Crippen LogP contribution in [0.4, 0.5) is 0 Å². The first kappa shape index (κ1) is 27.7. The van der Waals surface area contributed by atoms with Gasteiger partial charge in [-0.2, -0.15) is 0 Å². The fourth-order valence-electron chi connectivity index (χ4n) is 4.73. The second kappa shape index (κ2) is 10.6. The van der Waals surface area contributed by atoms with Crippen molar-refractivity contribution in [1.82, 2.24) is 9.47 Å². The average Bonchev–Trinajstić information content (AvgIpc) is 3.14. The van der Waals surface area contributed by atoms with Gasteiger partial charge < -0.3 is 14.2 Å². The molecule has 2 unspecified atom stereocenters. The predicted octanol–water partition coefficient (Wildman–Crippen LogP) is 5.24. The lowest BCUT2D eigenvalue weighted by molar-refractivity contribution is -0.144. The minimum absolute atomic E-state index is 0.0675. The van der Waals surface area contributed by atoms with Crippen molar-refractivity contribution in [3.63, 3.8) is 0 Å². The molecule has 2 heterocycles. The fourth-order valence-corrected chi connectivity index (χ4v) is 6.10. The van der Waals surface area contributed by atoms with E-state index in [-0.39, 0.29) is 23.4 Å². The molecule has 0 aliphatic carbocycles. The minimum Gasteiger partial charge on any atom is -0.468 e. The minimum atomic E-state index is -2.26. The number of rotatable bonds is 8. The second-order valence-corrected chi connectivity index (χ2v) is 11.9. The Morgan fingerprint density at radius 2 is 1.71 bits per heavy atom. The Hall–Kier alpha value is -1.93. The SMILES string of the molecule is COC(=O)C(CCc1cn(C)c2ccccc12)(SC)C1C(C(C)=O)=CN(C)C=C1C(=O)C(Cl)(Cl)Cl. The molecule has 1 aromatic heterocycles. The maximum Gasteiger partial charge on any atom is 0.322 e. The molecule has 0 radical (unpaired) electrons. The van der Waals surface area contributed by atoms with E-state index in [9.17, 15) is 14.4 Å². The van der Waals surface area contributed by atoms with Gasteiger partial charge in [0.2, 0.25) is 5.78 Å². The lowest BCUT2D eigenvalue weighted by Crippen LogP contribution is -2.50. The number of fused-ring (bicyclic) bond motifs is 1. The number of allylic oxidation sites excluding steroid dienone is 2. The van der Waals surface area contributed by atoms with Gasteiger partial charge in [0.25, 0.3) is 3.79 Å². The number of thioether (sulfide) groups is 1. The Bertz CT molecular complexity index is 1230. The van der Waals surface area contributed by atoms with Crippen LogP contribution in [0.25, 0.3) is 10.9 Å². The summed E-state index contributed by atoms with van der Waals surface area (Å²) in [5.74, 6) is -2.62. The van der Waals surface area contributed by atoms with E-state index >= 15 is 0 Å². The number of aryl methyl sites for hydroxylation is 2. The molecule has 3 rings (SSSR count). The Morgan fingerprint density at radius 1 is 1.09 bits per heavy atom. The summed E-state index contributed by atoms with van der Waals surface area (Å²) in [6.45, 7) is 1.39. The molecule has 10 heteroatoms. The molecule has 188 valence electrons. The van der Waals surface area contributed by atoms with Crippen LogP contribution < -0.4 is 0 Å². The first-order valence-corrected chi connectivity index (χ1v) is 13.2. The molecule has 1 aromatic carbocycles. The number of Topliss-reactive ketones (excluding diaryl/α,β-unsaturated/α-hetero) is 2. The monoisotopic (exact) mass is 556 g/mol. The smallest absolute Gasteiger partial charge is 0.322 e. The molecule has 0 bridgehead atoms. The Kier molecular flexibility index (Phi) is 8.37. The number of hydrogen-bond acceptors (Lipinski definition) is 6. The number of aromatic nitrogens is 1. The van der Waals surface area contributed by atoms with Crippen LogP contribution in [0.15, 0.2) is 54.0 Å². The van der Waals surface area contributed by atoms with Crippen LogP contribution in [0, 0.1) is 5.92 Å². The molecule has 0 amide bonds. The third kappa shape index (κ3) is 5.29. The number of para-hydroxylation sites is 1. The van der Waals surface area contributed by atoms with Gasteiger partial charge in [-0.1, -0.05) is 53.0 Å². The van der Waals surface area contributed by atoms with Crippen LogP contribution in [0.1, 0.15) is 18.9 Å². The molecule has 1 aliphatic rings. The number of methoxy groups -OCH3 is 1. The third-order valence-corrected chi connectivity index (χ3v) is 8.19. The number of alkyl halides is 3. The summed E-state index contributed by atoms with van der Waals surface area (Å²) in [6.07, 6.45) is 7.66. The molecule has 1 aliphatic heterocycles. The van der Waals surface area contributed by atoms with E-state index in [4.69, 9.17) is 39.5 Å². The van der Waals surface area contributed by atoms with Crippen LogP contribution in [0.5, 0.6) is 0 Å². The second-order valence-electron chi connectivity index (χ2n) is 8.52. The largest absolute Gasteiger partial charge is 0.468 e. The van der Waals surface area contributed by atoms with Crippen LogP contribution in [0.2, 0.25) is 0 Å². The Labute approximate surface area is 224 Å². The number of carbonyl (C=O) groups is 3. The fraction of sp³-hybridized carbons (Fsp3) is 0.400. The molecule has 0 fully saturated rings. The van der Waals surface area contributed by atoms with Crippen molar-refractivity contribution in [2.75, 3.05) is 20.4 Å². The molecule has 2 atom stereocenters. The topological polar surface area (TPSA) is 68.6 Å². The molecular weight excluding hydrogens is 531 g/mol. The van der Waals surface area contributed by atoms with Crippen LogP contribution >= 0.6 is 46.6 Å². The first-order valence-electron chi connectivity index (χ1n) is 10.8. The molecule has 0 saturated heterocycles. The van der Waals surface area contributed by atoms with E-state index in [2.05, 4.69) is 0 Å². The molecule has 2 aromatic rings. The first-order chi connectivity index (χ1) is 16.4. The van der Waals surface area contributed by atoms with Crippen molar-refractivity contribution in [2.45, 2.75) is 28.3 Å². The summed E-state index contributed by atoms with van der Waals surface area (Å²) in [7, 11) is 4.92. The van der Waals surface area contributed by atoms with Crippen molar-refractivity contribution >= 4 is 75.0 Å². The van der Waals surface area contributed by atoms with E-state index in [1.54, 1.807) is 24.4 Å². The molecule has 0 saturated carbocycles. The van der Waals surface area contributed by atoms with Gasteiger partial charge in [0.05, 0.1) is 7.11 Å². The maximum absolute atomic E-state index is 13.5. The number of benzene rings is 1. The highest BCUT2D eigenvalue weighted by atomic mass is 35.6. The van der Waals surface area contributed by atoms with E-state index in [1.807, 2.05) is 42.1 Å². The summed E-state index contributed by atoms with van der Waals surface area (Å²) in [4.78, 5) is 41.1. The van der Waals surface area contributed by atoms with Gasteiger partial charge in [-0.3, -0.25) is 14.4 Å². The van der Waals surface area contributed by atoms with Gasteiger partial charge in [0.15, 0.2) is 5.78 Å². The van der Waals surface area contributed by atoms with Gasteiger partial charge in [0.1, 0.15) is 4.75 Å². The van der Waals surface area contributed by atoms with E-state index in [0.29, 0.717) is 6.42 Å². The molecule has 0 N–H and O–H groups in total. The van der Waals surface area contributed by atoms with Crippen molar-refractivity contribution < 1.29 is 19.1 Å². The molecular formula is C25H27Cl3N2O4S. The Balaban J connectivity index is 2.17. The highest BCUT2D eigenvalue weighted by Crippen LogP contribution is 2.49. The summed E-state index contributed by atoms with van der Waals surface area (Å²) in [6, 6.07) is 7.98. The number of ether oxygens (including phenoxy) is 1. The zero-order chi connectivity index (χ0) is 26.1. The van der Waals surface area contributed by atoms with Crippen LogP contribution in [-0.2, 0) is 32.6 Å². The van der Waals surface area contributed by atoms with E-state index in [0.717, 1.165) is 16.5 Å². The molecule has 6 nitrogen and oxygen atoms in total. The number of carbonyl (C=O) groups excluding carboxylic acids is 3. The lowest BCUT2D eigenvalue weighted by Gasteiger charge is -2.41. The average molecular weight is 558 g/mol. The lowest BCUT2D eigenvalue weighted by atomic mass is 9.73. The third-order valence-electron chi connectivity index (χ3n) is 6.34. The van der Waals surface area contributed by atoms with Gasteiger partial charge in [-0.15, -0.1) is 11.8 Å². The number of esters is 1. The Morgan fingerprint density at radius 3 is 2.29 bits per heavy atom. The highest BCUT2D eigenvalue weighted by Gasteiger charge is 2.54. The molecule has 0 spiro atoms. The summed E-state index contributed by atoms with van der Waals surface area (Å²) in [5, 5.41) is 1.06. The van der Waals surface area contributed by atoms with Crippen LogP contribution in [-0.4, -0.2) is 56.0 Å². The maximum atomic E-state index is 13.5. The normalized spacial score (nSPS) is 18.1. The van der Waals surface area contributed by atoms with E-state index in [1.165, 1.54) is 32.0 Å². The molecule has 35 heavy (non-hydrogen) atoms. The summed E-state index contributed by atoms with van der Waals surface area (Å²) >= 11 is 19.2. The highest BCUT2D eigenvalue weighted by molar-refractivity contribution is 8.00. The van der Waals surface area contributed by atoms with Gasteiger partial charge in [0, 0.05) is 60.7 Å². The van der Waals surface area contributed by atoms with Crippen molar-refractivity contribution in [2.24, 2.45) is 13.0 Å². The zero-order valence-corrected chi connectivity index (χ0v) is 23.2. The van der Waals surface area contributed by atoms with Crippen molar-refractivity contribution in [3.05, 3.63) is 59.6 Å².